The quantitative estimate of drug-likeness (QED) is 0.519. The molecule has 16 heavy (non-hydrogen) atoms. The zero-order chi connectivity index (χ0) is 11.8. The van der Waals surface area contributed by atoms with Crippen molar-refractivity contribution in [3.63, 3.8) is 0 Å². The molecular weight excluding hydrogens is 228 g/mol. The molecule has 1 unspecified atom stereocenters. The average Bonchev–Trinajstić information content (AvgIpc) is 2.68. The zero-order valence-electron chi connectivity index (χ0n) is 9.60. The summed E-state index contributed by atoms with van der Waals surface area (Å²) in [5, 5.41) is 13.3. The fourth-order valence-corrected chi connectivity index (χ4v) is 1.85. The molecule has 2 N–H and O–H groups in total. The molecule has 0 aromatic carbocycles. The predicted molar refractivity (Wildman–Crippen MR) is 62.7 cm³/mol. The van der Waals surface area contributed by atoms with Gasteiger partial charge in [0.1, 0.15) is 6.26 Å². The minimum Gasteiger partial charge on any atom is -0.440 e. The van der Waals surface area contributed by atoms with Crippen LogP contribution in [-0.2, 0) is 4.74 Å². The van der Waals surface area contributed by atoms with Crippen LogP contribution in [0.4, 0.5) is 0 Å². The van der Waals surface area contributed by atoms with Gasteiger partial charge in [-0.2, -0.15) is 0 Å². The number of nitrogens with one attached hydrogen (secondary N) is 1. The maximum atomic E-state index is 9.62. The van der Waals surface area contributed by atoms with E-state index in [0.29, 0.717) is 24.1 Å². The minimum absolute atomic E-state index is 0.408. The number of nitrogens with zero attached hydrogens (tertiary/aromatic N) is 1. The van der Waals surface area contributed by atoms with E-state index in [0.717, 1.165) is 12.2 Å². The Kier molecular flexibility index (Phi) is 6.47. The molecule has 0 amide bonds. The van der Waals surface area contributed by atoms with Crippen LogP contribution >= 0.6 is 11.8 Å². The normalized spacial score (nSPS) is 12.9. The molecule has 0 saturated carbocycles. The van der Waals surface area contributed by atoms with Crippen LogP contribution in [0.1, 0.15) is 5.69 Å². The summed E-state index contributed by atoms with van der Waals surface area (Å²) >= 11 is 1.41. The lowest BCUT2D eigenvalue weighted by atomic mass is 10.4. The fourth-order valence-electron chi connectivity index (χ4n) is 1.07. The van der Waals surface area contributed by atoms with Gasteiger partial charge in [0.2, 0.25) is 0 Å². The molecule has 1 heterocycles. The van der Waals surface area contributed by atoms with Gasteiger partial charge in [-0.3, -0.25) is 0 Å². The average molecular weight is 246 g/mol. The number of aliphatic hydroxyl groups is 1. The highest BCUT2D eigenvalue weighted by molar-refractivity contribution is 7.99. The van der Waals surface area contributed by atoms with Crippen LogP contribution < -0.4 is 5.32 Å². The first kappa shape index (κ1) is 13.5. The Bertz CT molecular complexity index is 293. The van der Waals surface area contributed by atoms with Crippen LogP contribution in [0.2, 0.25) is 0 Å². The largest absolute Gasteiger partial charge is 0.440 e. The van der Waals surface area contributed by atoms with Crippen LogP contribution in [0, 0.1) is 6.92 Å². The standard InChI is InChI=1S/C10H18N2O3S/c1-8-6-15-10(12-8)16-7-9(13)5-11-3-4-14-2/h6,9,11,13H,3-5,7H2,1-2H3. The molecule has 0 saturated heterocycles. The molecule has 1 rings (SSSR count). The molecule has 0 bridgehead atoms. The van der Waals surface area contributed by atoms with Gasteiger partial charge < -0.3 is 19.6 Å². The van der Waals surface area contributed by atoms with E-state index in [1.807, 2.05) is 6.92 Å². The van der Waals surface area contributed by atoms with Crippen molar-refractivity contribution in [1.82, 2.24) is 10.3 Å². The van der Waals surface area contributed by atoms with Crippen molar-refractivity contribution in [2.24, 2.45) is 0 Å². The van der Waals surface area contributed by atoms with Gasteiger partial charge in [-0.15, -0.1) is 0 Å². The van der Waals surface area contributed by atoms with Crippen molar-refractivity contribution in [3.8, 4) is 0 Å². The Morgan fingerprint density at radius 2 is 2.50 bits per heavy atom. The summed E-state index contributed by atoms with van der Waals surface area (Å²) in [7, 11) is 1.65. The third kappa shape index (κ3) is 5.50. The molecule has 0 aliphatic rings. The molecule has 0 aliphatic carbocycles. The van der Waals surface area contributed by atoms with E-state index in [2.05, 4.69) is 10.3 Å². The van der Waals surface area contributed by atoms with Gasteiger partial charge in [-0.25, -0.2) is 4.98 Å². The molecule has 5 nitrogen and oxygen atoms in total. The Balaban J connectivity index is 2.08. The Labute approximate surface area is 99.6 Å². The number of aryl methyl sites for hydroxylation is 1. The van der Waals surface area contributed by atoms with Crippen molar-refractivity contribution in [2.75, 3.05) is 32.6 Å². The second-order valence-corrected chi connectivity index (χ2v) is 4.39. The molecule has 6 heteroatoms. The number of hydrogen-bond acceptors (Lipinski definition) is 6. The predicted octanol–water partition coefficient (Wildman–Crippen LogP) is 0.672. The number of ether oxygens (including phenoxy) is 1. The van der Waals surface area contributed by atoms with Crippen LogP contribution in [-0.4, -0.2) is 48.8 Å². The molecule has 1 atom stereocenters. The van der Waals surface area contributed by atoms with Crippen molar-refractivity contribution in [3.05, 3.63) is 12.0 Å². The van der Waals surface area contributed by atoms with Crippen molar-refractivity contribution < 1.29 is 14.3 Å². The summed E-state index contributed by atoms with van der Waals surface area (Å²) < 4.78 is 10.0. The highest BCUT2D eigenvalue weighted by Gasteiger charge is 2.07. The second-order valence-electron chi connectivity index (χ2n) is 3.42. The smallest absolute Gasteiger partial charge is 0.255 e. The SMILES string of the molecule is COCCNCC(O)CSc1nc(C)co1. The highest BCUT2D eigenvalue weighted by atomic mass is 32.2. The Morgan fingerprint density at radius 3 is 3.12 bits per heavy atom. The van der Waals surface area contributed by atoms with Gasteiger partial charge in [0.15, 0.2) is 0 Å². The molecule has 0 spiro atoms. The third-order valence-electron chi connectivity index (χ3n) is 1.86. The van der Waals surface area contributed by atoms with Crippen LogP contribution in [0.3, 0.4) is 0 Å². The summed E-state index contributed by atoms with van der Waals surface area (Å²) in [5.74, 6) is 0.569. The van der Waals surface area contributed by atoms with E-state index >= 15 is 0 Å². The lowest BCUT2D eigenvalue weighted by Gasteiger charge is -2.09. The first-order chi connectivity index (χ1) is 7.72. The number of oxazole rings is 1. The van der Waals surface area contributed by atoms with Gasteiger partial charge in [0.05, 0.1) is 18.4 Å². The van der Waals surface area contributed by atoms with E-state index in [9.17, 15) is 5.11 Å². The first-order valence-electron chi connectivity index (χ1n) is 5.15. The van der Waals surface area contributed by atoms with E-state index in [-0.39, 0.29) is 0 Å². The summed E-state index contributed by atoms with van der Waals surface area (Å²) in [6.45, 7) is 3.82. The summed E-state index contributed by atoms with van der Waals surface area (Å²) in [6.07, 6.45) is 1.19. The number of hydrogen-bond donors (Lipinski definition) is 2. The number of aliphatic hydroxyl groups excluding tert-OH is 1. The first-order valence-corrected chi connectivity index (χ1v) is 6.13. The topological polar surface area (TPSA) is 67.5 Å². The summed E-state index contributed by atoms with van der Waals surface area (Å²) in [4.78, 5) is 4.14. The van der Waals surface area contributed by atoms with Crippen molar-refractivity contribution in [2.45, 2.75) is 18.3 Å². The van der Waals surface area contributed by atoms with E-state index in [4.69, 9.17) is 9.15 Å². The fraction of sp³-hybridized carbons (Fsp3) is 0.700. The molecular formula is C10H18N2O3S. The lowest BCUT2D eigenvalue weighted by molar-refractivity contribution is 0.175. The molecule has 0 fully saturated rings. The molecule has 1 aromatic rings. The summed E-state index contributed by atoms with van der Waals surface area (Å²) in [6, 6.07) is 0. The number of rotatable bonds is 8. The van der Waals surface area contributed by atoms with Crippen molar-refractivity contribution >= 4 is 11.8 Å². The van der Waals surface area contributed by atoms with Crippen molar-refractivity contribution in [1.29, 1.82) is 0 Å². The van der Waals surface area contributed by atoms with Crippen LogP contribution in [0.25, 0.3) is 0 Å². The number of aromatic nitrogens is 1. The van der Waals surface area contributed by atoms with Gasteiger partial charge in [0, 0.05) is 26.0 Å². The van der Waals surface area contributed by atoms with Gasteiger partial charge >= 0.3 is 0 Å². The second kappa shape index (κ2) is 7.67. The molecule has 0 aliphatic heterocycles. The molecule has 1 aromatic heterocycles. The minimum atomic E-state index is -0.408. The maximum absolute atomic E-state index is 9.62. The Morgan fingerprint density at radius 1 is 1.69 bits per heavy atom. The number of thioether (sulfide) groups is 1. The summed E-state index contributed by atoms with van der Waals surface area (Å²) in [5.41, 5.74) is 0.857. The molecule has 92 valence electrons. The highest BCUT2D eigenvalue weighted by Crippen LogP contribution is 2.17. The van der Waals surface area contributed by atoms with Gasteiger partial charge in [-0.05, 0) is 6.92 Å². The third-order valence-corrected chi connectivity index (χ3v) is 2.85. The monoisotopic (exact) mass is 246 g/mol. The van der Waals surface area contributed by atoms with Crippen LogP contribution in [0.15, 0.2) is 15.9 Å². The number of methoxy groups -OCH3 is 1. The van der Waals surface area contributed by atoms with E-state index in [1.54, 1.807) is 13.4 Å². The maximum Gasteiger partial charge on any atom is 0.255 e. The Hall–Kier alpha value is -0.560. The zero-order valence-corrected chi connectivity index (χ0v) is 10.4. The van der Waals surface area contributed by atoms with E-state index in [1.165, 1.54) is 11.8 Å². The molecule has 0 radical (unpaired) electrons. The van der Waals surface area contributed by atoms with E-state index < -0.39 is 6.10 Å². The van der Waals surface area contributed by atoms with Crippen LogP contribution in [0.5, 0.6) is 0 Å². The van der Waals surface area contributed by atoms with Gasteiger partial charge in [0.25, 0.3) is 5.22 Å². The van der Waals surface area contributed by atoms with Gasteiger partial charge in [-0.1, -0.05) is 11.8 Å². The lowest BCUT2D eigenvalue weighted by Crippen LogP contribution is -2.30.